The van der Waals surface area contributed by atoms with Crippen LogP contribution >= 0.6 is 0 Å². The number of piperidine rings is 1. The van der Waals surface area contributed by atoms with Gasteiger partial charge in [-0.25, -0.2) is 0 Å². The Balaban J connectivity index is 2.06. The molecule has 1 aliphatic rings. The zero-order valence-electron chi connectivity index (χ0n) is 10.6. The van der Waals surface area contributed by atoms with E-state index < -0.39 is 0 Å². The van der Waals surface area contributed by atoms with E-state index in [1.165, 1.54) is 0 Å². The van der Waals surface area contributed by atoms with Crippen LogP contribution in [0.15, 0.2) is 0 Å². The highest BCUT2D eigenvalue weighted by atomic mass is 16.5. The highest BCUT2D eigenvalue weighted by Gasteiger charge is 2.23. The average Bonchev–Trinajstić information content (AvgIpc) is 2.29. The van der Waals surface area contributed by atoms with Gasteiger partial charge < -0.3 is 15.4 Å². The van der Waals surface area contributed by atoms with Crippen LogP contribution in [0.4, 0.5) is 0 Å². The molecule has 2 N–H and O–H groups in total. The van der Waals surface area contributed by atoms with Crippen molar-refractivity contribution in [3.8, 4) is 0 Å². The third-order valence-corrected chi connectivity index (χ3v) is 2.63. The third-order valence-electron chi connectivity index (χ3n) is 2.63. The number of nitrogens with one attached hydrogen (secondary N) is 2. The van der Waals surface area contributed by atoms with Gasteiger partial charge in [0.1, 0.15) is 0 Å². The van der Waals surface area contributed by atoms with Crippen LogP contribution in [0.5, 0.6) is 0 Å². The SMILES string of the molecule is CC(C)COCCNC(=O)C1CCC(=O)NC1. The summed E-state index contributed by atoms with van der Waals surface area (Å²) in [5.41, 5.74) is 0. The maximum Gasteiger partial charge on any atom is 0.224 e. The molecular formula is C12H22N2O3. The summed E-state index contributed by atoms with van der Waals surface area (Å²) in [7, 11) is 0. The molecule has 2 amide bonds. The smallest absolute Gasteiger partial charge is 0.224 e. The van der Waals surface area contributed by atoms with Crippen LogP contribution in [0.25, 0.3) is 0 Å². The number of ether oxygens (including phenoxy) is 1. The number of carbonyl (C=O) groups excluding carboxylic acids is 2. The van der Waals surface area contributed by atoms with Crippen molar-refractivity contribution in [3.05, 3.63) is 0 Å². The lowest BCUT2D eigenvalue weighted by atomic mass is 9.98. The zero-order chi connectivity index (χ0) is 12.7. The number of carbonyl (C=O) groups is 2. The molecule has 1 atom stereocenters. The number of rotatable bonds is 6. The van der Waals surface area contributed by atoms with Gasteiger partial charge in [-0.05, 0) is 12.3 Å². The van der Waals surface area contributed by atoms with E-state index in [-0.39, 0.29) is 17.7 Å². The molecule has 1 aliphatic heterocycles. The van der Waals surface area contributed by atoms with E-state index >= 15 is 0 Å². The molecule has 98 valence electrons. The fourth-order valence-electron chi connectivity index (χ4n) is 1.67. The maximum atomic E-state index is 11.7. The standard InChI is InChI=1S/C12H22N2O3/c1-9(2)8-17-6-5-13-12(16)10-3-4-11(15)14-7-10/h9-10H,3-8H2,1-2H3,(H,13,16)(H,14,15). The van der Waals surface area contributed by atoms with Crippen molar-refractivity contribution in [2.45, 2.75) is 26.7 Å². The fraction of sp³-hybridized carbons (Fsp3) is 0.833. The highest BCUT2D eigenvalue weighted by molar-refractivity contribution is 5.83. The van der Waals surface area contributed by atoms with Crippen molar-refractivity contribution >= 4 is 11.8 Å². The molecule has 1 fully saturated rings. The molecule has 0 saturated carbocycles. The van der Waals surface area contributed by atoms with E-state index in [1.54, 1.807) is 0 Å². The van der Waals surface area contributed by atoms with Gasteiger partial charge >= 0.3 is 0 Å². The summed E-state index contributed by atoms with van der Waals surface area (Å²) in [4.78, 5) is 22.6. The summed E-state index contributed by atoms with van der Waals surface area (Å²) < 4.78 is 5.37. The molecule has 0 radical (unpaired) electrons. The summed E-state index contributed by atoms with van der Waals surface area (Å²) in [6.45, 7) is 6.43. The summed E-state index contributed by atoms with van der Waals surface area (Å²) in [5, 5.41) is 5.52. The third kappa shape index (κ3) is 5.68. The largest absolute Gasteiger partial charge is 0.379 e. The molecule has 1 heterocycles. The molecule has 0 aromatic carbocycles. The molecule has 1 rings (SSSR count). The van der Waals surface area contributed by atoms with Crippen molar-refractivity contribution in [1.82, 2.24) is 10.6 Å². The monoisotopic (exact) mass is 242 g/mol. The van der Waals surface area contributed by atoms with E-state index in [9.17, 15) is 9.59 Å². The first-order valence-electron chi connectivity index (χ1n) is 6.21. The molecule has 5 heteroatoms. The highest BCUT2D eigenvalue weighted by Crippen LogP contribution is 2.10. The Labute approximate surface area is 102 Å². The van der Waals surface area contributed by atoms with Gasteiger partial charge in [0, 0.05) is 26.1 Å². The van der Waals surface area contributed by atoms with Crippen LogP contribution < -0.4 is 10.6 Å². The lowest BCUT2D eigenvalue weighted by Crippen LogP contribution is -2.43. The topological polar surface area (TPSA) is 67.4 Å². The minimum atomic E-state index is -0.0854. The molecular weight excluding hydrogens is 220 g/mol. The molecule has 0 aromatic heterocycles. The molecule has 0 spiro atoms. The van der Waals surface area contributed by atoms with Gasteiger partial charge in [0.25, 0.3) is 0 Å². The molecule has 5 nitrogen and oxygen atoms in total. The molecule has 17 heavy (non-hydrogen) atoms. The second-order valence-electron chi connectivity index (χ2n) is 4.80. The maximum absolute atomic E-state index is 11.7. The van der Waals surface area contributed by atoms with Gasteiger partial charge in [-0.3, -0.25) is 9.59 Å². The second-order valence-corrected chi connectivity index (χ2v) is 4.80. The summed E-state index contributed by atoms with van der Waals surface area (Å²) in [6, 6.07) is 0. The van der Waals surface area contributed by atoms with Crippen molar-refractivity contribution in [2.75, 3.05) is 26.3 Å². The Bertz CT molecular complexity index is 256. The molecule has 0 aliphatic carbocycles. The lowest BCUT2D eigenvalue weighted by molar-refractivity contribution is -0.129. The van der Waals surface area contributed by atoms with Crippen LogP contribution in [0, 0.1) is 11.8 Å². The van der Waals surface area contributed by atoms with E-state index in [0.717, 1.165) is 6.61 Å². The minimum absolute atomic E-state index is 0.0122. The molecule has 0 bridgehead atoms. The van der Waals surface area contributed by atoms with Gasteiger partial charge in [-0.1, -0.05) is 13.8 Å². The summed E-state index contributed by atoms with van der Waals surface area (Å²) in [5.74, 6) is 0.476. The van der Waals surface area contributed by atoms with Crippen LogP contribution in [0.3, 0.4) is 0 Å². The minimum Gasteiger partial charge on any atom is -0.379 e. The van der Waals surface area contributed by atoms with E-state index in [1.807, 2.05) is 0 Å². The van der Waals surface area contributed by atoms with E-state index in [0.29, 0.717) is 38.5 Å². The fourth-order valence-corrected chi connectivity index (χ4v) is 1.67. The molecule has 0 aromatic rings. The Morgan fingerprint density at radius 3 is 2.94 bits per heavy atom. The quantitative estimate of drug-likeness (QED) is 0.658. The van der Waals surface area contributed by atoms with Gasteiger partial charge in [-0.2, -0.15) is 0 Å². The summed E-state index contributed by atoms with van der Waals surface area (Å²) >= 11 is 0. The predicted octanol–water partition coefficient (Wildman–Crippen LogP) is 0.301. The first-order valence-corrected chi connectivity index (χ1v) is 6.21. The molecule has 1 saturated heterocycles. The van der Waals surface area contributed by atoms with Gasteiger partial charge in [0.15, 0.2) is 0 Å². The van der Waals surface area contributed by atoms with Crippen LogP contribution in [0.2, 0.25) is 0 Å². The van der Waals surface area contributed by atoms with Crippen LogP contribution in [0.1, 0.15) is 26.7 Å². The van der Waals surface area contributed by atoms with Gasteiger partial charge in [0.2, 0.25) is 11.8 Å². The Morgan fingerprint density at radius 1 is 1.59 bits per heavy atom. The Hall–Kier alpha value is -1.10. The van der Waals surface area contributed by atoms with E-state index in [2.05, 4.69) is 24.5 Å². The number of hydrogen-bond donors (Lipinski definition) is 2. The zero-order valence-corrected chi connectivity index (χ0v) is 10.6. The Morgan fingerprint density at radius 2 is 2.35 bits per heavy atom. The van der Waals surface area contributed by atoms with Crippen molar-refractivity contribution in [2.24, 2.45) is 11.8 Å². The average molecular weight is 242 g/mol. The lowest BCUT2D eigenvalue weighted by Gasteiger charge is -2.21. The van der Waals surface area contributed by atoms with Crippen LogP contribution in [-0.2, 0) is 14.3 Å². The second kappa shape index (κ2) is 7.27. The Kier molecular flexibility index (Phi) is 5.97. The first-order chi connectivity index (χ1) is 8.09. The van der Waals surface area contributed by atoms with E-state index in [4.69, 9.17) is 4.74 Å². The van der Waals surface area contributed by atoms with Crippen molar-refractivity contribution in [1.29, 1.82) is 0 Å². The summed E-state index contributed by atoms with van der Waals surface area (Å²) in [6.07, 6.45) is 1.09. The van der Waals surface area contributed by atoms with Crippen molar-refractivity contribution < 1.29 is 14.3 Å². The van der Waals surface area contributed by atoms with Crippen LogP contribution in [-0.4, -0.2) is 38.1 Å². The number of hydrogen-bond acceptors (Lipinski definition) is 3. The van der Waals surface area contributed by atoms with Gasteiger partial charge in [-0.15, -0.1) is 0 Å². The number of amides is 2. The first kappa shape index (κ1) is 14.0. The van der Waals surface area contributed by atoms with Gasteiger partial charge in [0.05, 0.1) is 12.5 Å². The normalized spacial score (nSPS) is 20.2. The molecule has 1 unspecified atom stereocenters. The van der Waals surface area contributed by atoms with Crippen molar-refractivity contribution in [3.63, 3.8) is 0 Å². The predicted molar refractivity (Wildman–Crippen MR) is 64.4 cm³/mol.